The van der Waals surface area contributed by atoms with Crippen LogP contribution in [-0.2, 0) is 6.54 Å². The van der Waals surface area contributed by atoms with E-state index in [0.29, 0.717) is 12.1 Å². The highest BCUT2D eigenvalue weighted by Crippen LogP contribution is 2.31. The topological polar surface area (TPSA) is 104 Å². The lowest BCUT2D eigenvalue weighted by Gasteiger charge is -2.26. The van der Waals surface area contributed by atoms with Crippen molar-refractivity contribution in [3.8, 4) is 0 Å². The highest BCUT2D eigenvalue weighted by atomic mass is 16.4. The molecule has 8 heteroatoms. The van der Waals surface area contributed by atoms with Gasteiger partial charge in [-0.3, -0.25) is 4.79 Å². The van der Waals surface area contributed by atoms with E-state index in [1.54, 1.807) is 12.4 Å². The van der Waals surface area contributed by atoms with E-state index in [2.05, 4.69) is 58.8 Å². The first kappa shape index (κ1) is 23.7. The summed E-state index contributed by atoms with van der Waals surface area (Å²) in [6.45, 7) is 9.00. The normalized spacial score (nSPS) is 16.9. The summed E-state index contributed by atoms with van der Waals surface area (Å²) < 4.78 is 1.84. The Bertz CT molecular complexity index is 1210. The van der Waals surface area contributed by atoms with Crippen LogP contribution in [0.15, 0.2) is 35.7 Å². The van der Waals surface area contributed by atoms with Gasteiger partial charge in [0.2, 0.25) is 0 Å². The molecule has 0 saturated heterocycles. The van der Waals surface area contributed by atoms with Crippen molar-refractivity contribution in [1.29, 1.82) is 0 Å². The smallest absolute Gasteiger partial charge is 0.255 e. The highest BCUT2D eigenvalue weighted by Gasteiger charge is 2.25. The van der Waals surface area contributed by atoms with E-state index in [-0.39, 0.29) is 18.0 Å². The van der Waals surface area contributed by atoms with Crippen LogP contribution in [0.2, 0.25) is 0 Å². The molecule has 1 aromatic carbocycles. The van der Waals surface area contributed by atoms with Crippen molar-refractivity contribution in [2.24, 2.45) is 5.16 Å². The molecular formula is C26H34N6O2. The Morgan fingerprint density at radius 2 is 2.00 bits per heavy atom. The molecule has 1 fully saturated rings. The monoisotopic (exact) mass is 462 g/mol. The molecule has 1 atom stereocenters. The second-order valence-corrected chi connectivity index (χ2v) is 9.05. The molecule has 1 saturated carbocycles. The van der Waals surface area contributed by atoms with Gasteiger partial charge in [0, 0.05) is 18.8 Å². The van der Waals surface area contributed by atoms with Crippen molar-refractivity contribution in [2.75, 3.05) is 5.32 Å². The Morgan fingerprint density at radius 1 is 1.24 bits per heavy atom. The van der Waals surface area contributed by atoms with Crippen LogP contribution >= 0.6 is 0 Å². The maximum absolute atomic E-state index is 13.6. The van der Waals surface area contributed by atoms with Crippen LogP contribution in [0.25, 0.3) is 11.0 Å². The minimum absolute atomic E-state index is 0.0904. The molecule has 2 aromatic heterocycles. The number of carbonyl (C=O) groups excluding carboxylic acids is 1. The van der Waals surface area contributed by atoms with Gasteiger partial charge in [0.15, 0.2) is 5.65 Å². The molecule has 1 unspecified atom stereocenters. The zero-order valence-corrected chi connectivity index (χ0v) is 20.4. The van der Waals surface area contributed by atoms with E-state index in [9.17, 15) is 4.79 Å². The second kappa shape index (κ2) is 10.2. The summed E-state index contributed by atoms with van der Waals surface area (Å²) in [5.74, 6) is -0.151. The molecule has 2 heterocycles. The third-order valence-corrected chi connectivity index (χ3v) is 7.00. The van der Waals surface area contributed by atoms with E-state index >= 15 is 0 Å². The molecule has 0 spiro atoms. The predicted octanol–water partition coefficient (Wildman–Crippen LogP) is 5.13. The number of oxime groups is 1. The maximum atomic E-state index is 13.6. The fourth-order valence-corrected chi connectivity index (χ4v) is 4.77. The number of nitrogens with zero attached hydrogens (tertiary/aromatic N) is 4. The van der Waals surface area contributed by atoms with Gasteiger partial charge in [0.25, 0.3) is 5.91 Å². The third kappa shape index (κ3) is 4.62. The minimum Gasteiger partial charge on any atom is -0.411 e. The summed E-state index contributed by atoms with van der Waals surface area (Å²) in [7, 11) is 0. The molecule has 34 heavy (non-hydrogen) atoms. The van der Waals surface area contributed by atoms with E-state index < -0.39 is 0 Å². The van der Waals surface area contributed by atoms with Crippen LogP contribution in [0.1, 0.15) is 79.0 Å². The molecule has 1 aliphatic carbocycles. The van der Waals surface area contributed by atoms with Crippen molar-refractivity contribution >= 4 is 28.3 Å². The Morgan fingerprint density at radius 3 is 2.68 bits per heavy atom. The molecule has 0 bridgehead atoms. The van der Waals surface area contributed by atoms with Gasteiger partial charge in [-0.05, 0) is 69.6 Å². The quantitative estimate of drug-likeness (QED) is 0.333. The zero-order chi connectivity index (χ0) is 24.2. The largest absolute Gasteiger partial charge is 0.411 e. The maximum Gasteiger partial charge on any atom is 0.255 e. The molecule has 1 amide bonds. The number of anilines is 1. The molecule has 180 valence electrons. The number of pyridine rings is 1. The number of fused-ring (bicyclic) bond motifs is 1. The number of carbonyl (C=O) groups is 1. The highest BCUT2D eigenvalue weighted by molar-refractivity contribution is 6.06. The lowest BCUT2D eigenvalue weighted by Crippen LogP contribution is -2.31. The number of aryl methyl sites for hydroxylation is 2. The fourth-order valence-electron chi connectivity index (χ4n) is 4.77. The van der Waals surface area contributed by atoms with Crippen LogP contribution in [0, 0.1) is 13.8 Å². The SMILES string of the molecule is CCC(NC(=O)c1cnc2c(cnn2CC)c1NC1CCC(=NO)CC1)c1cccc(C)c1C. The molecule has 0 aliphatic heterocycles. The zero-order valence-electron chi connectivity index (χ0n) is 20.4. The van der Waals surface area contributed by atoms with Gasteiger partial charge < -0.3 is 15.8 Å². The number of rotatable bonds is 7. The Hall–Kier alpha value is -3.42. The first-order chi connectivity index (χ1) is 16.5. The Kier molecular flexibility index (Phi) is 7.14. The molecule has 8 nitrogen and oxygen atoms in total. The van der Waals surface area contributed by atoms with Crippen LogP contribution in [-0.4, -0.2) is 37.6 Å². The van der Waals surface area contributed by atoms with Crippen molar-refractivity contribution < 1.29 is 10.0 Å². The van der Waals surface area contributed by atoms with Crippen LogP contribution in [0.5, 0.6) is 0 Å². The number of nitrogens with one attached hydrogen (secondary N) is 2. The molecular weight excluding hydrogens is 428 g/mol. The Balaban J connectivity index is 1.67. The lowest BCUT2D eigenvalue weighted by molar-refractivity contribution is 0.0936. The van der Waals surface area contributed by atoms with Crippen LogP contribution < -0.4 is 10.6 Å². The number of amides is 1. The average molecular weight is 463 g/mol. The number of hydrogen-bond acceptors (Lipinski definition) is 6. The van der Waals surface area contributed by atoms with E-state index in [4.69, 9.17) is 5.21 Å². The summed E-state index contributed by atoms with van der Waals surface area (Å²) in [5, 5.41) is 24.7. The van der Waals surface area contributed by atoms with E-state index in [1.165, 1.54) is 11.1 Å². The van der Waals surface area contributed by atoms with Gasteiger partial charge in [-0.1, -0.05) is 30.3 Å². The molecule has 4 rings (SSSR count). The van der Waals surface area contributed by atoms with Gasteiger partial charge in [-0.2, -0.15) is 5.10 Å². The van der Waals surface area contributed by atoms with Crippen molar-refractivity contribution in [2.45, 2.75) is 78.4 Å². The van der Waals surface area contributed by atoms with Crippen LogP contribution in [0.3, 0.4) is 0 Å². The van der Waals surface area contributed by atoms with Gasteiger partial charge in [0.1, 0.15) is 0 Å². The summed E-state index contributed by atoms with van der Waals surface area (Å²) in [6.07, 6.45) is 7.39. The van der Waals surface area contributed by atoms with Gasteiger partial charge in [0.05, 0.1) is 34.6 Å². The first-order valence-corrected chi connectivity index (χ1v) is 12.1. The second-order valence-electron chi connectivity index (χ2n) is 9.05. The van der Waals surface area contributed by atoms with E-state index in [1.807, 2.05) is 17.7 Å². The van der Waals surface area contributed by atoms with Gasteiger partial charge in [-0.15, -0.1) is 0 Å². The minimum atomic E-state index is -0.151. The average Bonchev–Trinajstić information content (AvgIpc) is 3.28. The molecule has 3 aromatic rings. The summed E-state index contributed by atoms with van der Waals surface area (Å²) >= 11 is 0. The van der Waals surface area contributed by atoms with Crippen LogP contribution in [0.4, 0.5) is 5.69 Å². The molecule has 1 aliphatic rings. The van der Waals surface area contributed by atoms with E-state index in [0.717, 1.165) is 60.1 Å². The first-order valence-electron chi connectivity index (χ1n) is 12.1. The van der Waals surface area contributed by atoms with Crippen molar-refractivity contribution in [3.63, 3.8) is 0 Å². The summed E-state index contributed by atoms with van der Waals surface area (Å²) in [5.41, 5.74) is 6.44. The van der Waals surface area contributed by atoms with Crippen molar-refractivity contribution in [1.82, 2.24) is 20.1 Å². The number of hydrogen-bond donors (Lipinski definition) is 3. The number of benzene rings is 1. The number of aromatic nitrogens is 3. The van der Waals surface area contributed by atoms with Crippen molar-refractivity contribution in [3.05, 3.63) is 52.8 Å². The third-order valence-electron chi connectivity index (χ3n) is 7.00. The standard InChI is InChI=1S/C26H34N6O2/c1-5-23(20-9-7-8-16(3)17(20)4)30-26(33)22-14-27-25-21(15-28-32(25)6-2)24(22)29-18-10-12-19(31-34)13-11-18/h7-9,14-15,18,23,34H,5-6,10-13H2,1-4H3,(H,27,29)(H,30,33). The Labute approximate surface area is 200 Å². The van der Waals surface area contributed by atoms with Gasteiger partial charge in [-0.25, -0.2) is 9.67 Å². The fraction of sp³-hybridized carbons (Fsp3) is 0.462. The summed E-state index contributed by atoms with van der Waals surface area (Å²) in [4.78, 5) is 18.2. The summed E-state index contributed by atoms with van der Waals surface area (Å²) in [6, 6.07) is 6.31. The predicted molar refractivity (Wildman–Crippen MR) is 135 cm³/mol. The molecule has 0 radical (unpaired) electrons. The molecule has 3 N–H and O–H groups in total. The van der Waals surface area contributed by atoms with Gasteiger partial charge >= 0.3 is 0 Å². The lowest BCUT2D eigenvalue weighted by atomic mass is 9.93.